The molecule has 0 atom stereocenters. The molecule has 5 rings (SSSR count). The van der Waals surface area contributed by atoms with Crippen LogP contribution in [0.4, 0.5) is 5.69 Å². The van der Waals surface area contributed by atoms with Crippen LogP contribution in [0, 0.1) is 13.8 Å². The number of nitrogens with one attached hydrogen (secondary N) is 2. The number of piperazine rings is 1. The van der Waals surface area contributed by atoms with Gasteiger partial charge in [0.15, 0.2) is 9.84 Å². The molecular weight excluding hydrogens is 544 g/mol. The molecule has 0 saturated carbocycles. The summed E-state index contributed by atoms with van der Waals surface area (Å²) in [6.45, 7) is 7.10. The van der Waals surface area contributed by atoms with Gasteiger partial charge in [0.2, 0.25) is 0 Å². The number of ether oxygens (including phenoxy) is 1. The smallest absolute Gasteiger partial charge is 0.293 e. The number of H-pyrrole nitrogens is 1. The summed E-state index contributed by atoms with van der Waals surface area (Å²) >= 11 is 0. The van der Waals surface area contributed by atoms with E-state index in [1.54, 1.807) is 36.4 Å². The van der Waals surface area contributed by atoms with Crippen molar-refractivity contribution < 1.29 is 27.5 Å². The van der Waals surface area contributed by atoms with Gasteiger partial charge in [0.1, 0.15) is 6.61 Å². The van der Waals surface area contributed by atoms with Crippen molar-refractivity contribution in [1.82, 2.24) is 14.8 Å². The number of fused-ring (bicyclic) bond motifs is 1. The molecule has 1 saturated heterocycles. The zero-order valence-corrected chi connectivity index (χ0v) is 24.0. The van der Waals surface area contributed by atoms with Crippen molar-refractivity contribution in [3.8, 4) is 0 Å². The molecule has 3 heterocycles. The van der Waals surface area contributed by atoms with Gasteiger partial charge < -0.3 is 24.8 Å². The second kappa shape index (κ2) is 11.3. The van der Waals surface area contributed by atoms with Crippen LogP contribution in [0.25, 0.3) is 11.6 Å². The monoisotopic (exact) mass is 576 g/mol. The van der Waals surface area contributed by atoms with E-state index in [9.17, 15) is 22.8 Å². The molecule has 2 aliphatic rings. The molecule has 3 aromatic rings. The molecule has 0 bridgehead atoms. The van der Waals surface area contributed by atoms with Crippen LogP contribution in [0.1, 0.15) is 44.0 Å². The molecule has 2 aliphatic heterocycles. The van der Waals surface area contributed by atoms with E-state index in [1.807, 2.05) is 25.8 Å². The maximum Gasteiger partial charge on any atom is 0.293 e. The van der Waals surface area contributed by atoms with Crippen LogP contribution >= 0.6 is 0 Å². The Morgan fingerprint density at radius 1 is 1.02 bits per heavy atom. The summed E-state index contributed by atoms with van der Waals surface area (Å²) in [5.74, 6) is -0.613. The Balaban J connectivity index is 1.41. The maximum atomic E-state index is 13.3. The largest absolute Gasteiger partial charge is 0.463 e. The molecule has 214 valence electrons. The van der Waals surface area contributed by atoms with Crippen LogP contribution in [0.3, 0.4) is 0 Å². The molecule has 0 unspecified atom stereocenters. The first-order valence-electron chi connectivity index (χ1n) is 13.3. The maximum absolute atomic E-state index is 13.3. The van der Waals surface area contributed by atoms with E-state index < -0.39 is 9.84 Å². The predicted octanol–water partition coefficient (Wildman–Crippen LogP) is 3.16. The number of carbonyl (C=O) groups excluding carboxylic acids is 3. The van der Waals surface area contributed by atoms with Crippen molar-refractivity contribution in [3.63, 3.8) is 0 Å². The SMILES string of the molecule is Cc1[nH]c(/C=C2\C(=O)Nc3ccc(S(=O)(=O)Cc4ccc(COC=O)cc4)cc32)c(C)c1C(=O)N1CCN(C)CC1. The lowest BCUT2D eigenvalue weighted by Crippen LogP contribution is -2.47. The summed E-state index contributed by atoms with van der Waals surface area (Å²) in [5, 5.41) is 2.81. The Bertz CT molecular complexity index is 1650. The third-order valence-corrected chi connectivity index (χ3v) is 9.29. The first-order chi connectivity index (χ1) is 19.6. The zero-order chi connectivity index (χ0) is 29.3. The van der Waals surface area contributed by atoms with Crippen LogP contribution in [-0.4, -0.2) is 74.7 Å². The summed E-state index contributed by atoms with van der Waals surface area (Å²) in [7, 11) is -1.70. The van der Waals surface area contributed by atoms with Gasteiger partial charge in [-0.15, -0.1) is 0 Å². The standard InChI is InChI=1S/C30H32N4O6S/c1-19-27(31-20(2)28(19)30(37)34-12-10-33(3)11-13-34)15-25-24-14-23(8-9-26(24)32-29(25)36)41(38,39)17-22-6-4-21(5-7-22)16-40-18-35/h4-9,14-15,18,31H,10-13,16-17H2,1-3H3,(H,32,36)/b25-15-. The average Bonchev–Trinajstić information content (AvgIpc) is 3.41. The number of nitrogens with zero attached hydrogens (tertiary/aromatic N) is 2. The fourth-order valence-corrected chi connectivity index (χ4v) is 6.59. The molecule has 0 spiro atoms. The zero-order valence-electron chi connectivity index (χ0n) is 23.2. The van der Waals surface area contributed by atoms with E-state index in [1.165, 1.54) is 12.1 Å². The molecular formula is C30H32N4O6S. The lowest BCUT2D eigenvalue weighted by atomic mass is 10.0. The van der Waals surface area contributed by atoms with Crippen LogP contribution in [0.2, 0.25) is 0 Å². The van der Waals surface area contributed by atoms with E-state index >= 15 is 0 Å². The lowest BCUT2D eigenvalue weighted by molar-refractivity contribution is -0.129. The van der Waals surface area contributed by atoms with Gasteiger partial charge >= 0.3 is 0 Å². The highest BCUT2D eigenvalue weighted by Crippen LogP contribution is 2.36. The van der Waals surface area contributed by atoms with E-state index in [4.69, 9.17) is 4.74 Å². The van der Waals surface area contributed by atoms with E-state index in [-0.39, 0.29) is 29.1 Å². The number of likely N-dealkylation sites (N-methyl/N-ethyl adjacent to an activating group) is 1. The van der Waals surface area contributed by atoms with Crippen molar-refractivity contribution >= 4 is 45.5 Å². The Kier molecular flexibility index (Phi) is 7.83. The number of hydrogen-bond acceptors (Lipinski definition) is 7. The summed E-state index contributed by atoms with van der Waals surface area (Å²) in [4.78, 5) is 44.1. The topological polar surface area (TPSA) is 129 Å². The third-order valence-electron chi connectivity index (χ3n) is 7.60. The summed E-state index contributed by atoms with van der Waals surface area (Å²) in [6, 6.07) is 11.4. The van der Waals surface area contributed by atoms with Crippen molar-refractivity contribution in [2.45, 2.75) is 31.1 Å². The second-order valence-corrected chi connectivity index (χ2v) is 12.5. The predicted molar refractivity (Wildman–Crippen MR) is 155 cm³/mol. The molecule has 1 aromatic heterocycles. The number of sulfone groups is 1. The fourth-order valence-electron chi connectivity index (χ4n) is 5.22. The Morgan fingerprint density at radius 2 is 1.71 bits per heavy atom. The van der Waals surface area contributed by atoms with Crippen LogP contribution in [0.15, 0.2) is 47.4 Å². The minimum Gasteiger partial charge on any atom is -0.463 e. The number of hydrogen-bond donors (Lipinski definition) is 2. The Labute approximate surface area is 238 Å². The first kappa shape index (κ1) is 28.3. The van der Waals surface area contributed by atoms with Gasteiger partial charge in [0.25, 0.3) is 18.3 Å². The van der Waals surface area contributed by atoms with Gasteiger partial charge in [-0.1, -0.05) is 24.3 Å². The van der Waals surface area contributed by atoms with Crippen molar-refractivity contribution in [2.75, 3.05) is 38.5 Å². The first-order valence-corrected chi connectivity index (χ1v) is 14.9. The number of rotatable bonds is 8. The molecule has 0 radical (unpaired) electrons. The van der Waals surface area contributed by atoms with E-state index in [0.29, 0.717) is 53.2 Å². The van der Waals surface area contributed by atoms with Gasteiger partial charge in [-0.25, -0.2) is 8.42 Å². The fraction of sp³-hybridized carbons (Fsp3) is 0.300. The quantitative estimate of drug-likeness (QED) is 0.311. The molecule has 1 fully saturated rings. The number of aromatic amines is 1. The van der Waals surface area contributed by atoms with Crippen LogP contribution in [0.5, 0.6) is 0 Å². The van der Waals surface area contributed by atoms with E-state index in [2.05, 4.69) is 15.2 Å². The van der Waals surface area contributed by atoms with Crippen molar-refractivity contribution in [1.29, 1.82) is 0 Å². The third kappa shape index (κ3) is 5.82. The van der Waals surface area contributed by atoms with Crippen molar-refractivity contribution in [3.05, 3.63) is 81.7 Å². The summed E-state index contributed by atoms with van der Waals surface area (Å²) in [6.07, 6.45) is 1.68. The number of aromatic nitrogens is 1. The van der Waals surface area contributed by atoms with Gasteiger partial charge in [0, 0.05) is 48.8 Å². The van der Waals surface area contributed by atoms with Gasteiger partial charge in [-0.2, -0.15) is 0 Å². The molecule has 2 aromatic carbocycles. The molecule has 41 heavy (non-hydrogen) atoms. The molecule has 11 heteroatoms. The molecule has 2 N–H and O–H groups in total. The highest BCUT2D eigenvalue weighted by atomic mass is 32.2. The van der Waals surface area contributed by atoms with Crippen LogP contribution in [-0.2, 0) is 36.5 Å². The number of amides is 2. The van der Waals surface area contributed by atoms with Gasteiger partial charge in [-0.05, 0) is 61.9 Å². The van der Waals surface area contributed by atoms with Crippen LogP contribution < -0.4 is 5.32 Å². The lowest BCUT2D eigenvalue weighted by Gasteiger charge is -2.32. The number of anilines is 1. The normalized spacial score (nSPS) is 16.5. The second-order valence-electron chi connectivity index (χ2n) is 10.5. The summed E-state index contributed by atoms with van der Waals surface area (Å²) in [5.41, 5.74) is 5.34. The average molecular weight is 577 g/mol. The number of benzene rings is 2. The number of carbonyl (C=O) groups is 3. The summed E-state index contributed by atoms with van der Waals surface area (Å²) < 4.78 is 31.3. The molecule has 2 amide bonds. The van der Waals surface area contributed by atoms with Gasteiger partial charge in [-0.3, -0.25) is 14.4 Å². The molecule has 0 aliphatic carbocycles. The Morgan fingerprint density at radius 3 is 2.39 bits per heavy atom. The molecule has 10 nitrogen and oxygen atoms in total. The van der Waals surface area contributed by atoms with Gasteiger partial charge in [0.05, 0.1) is 21.8 Å². The van der Waals surface area contributed by atoms with Crippen molar-refractivity contribution in [2.24, 2.45) is 0 Å². The Hall–Kier alpha value is -4.22. The minimum absolute atomic E-state index is 0.0389. The number of aryl methyl sites for hydroxylation is 1. The minimum atomic E-state index is -3.73. The highest BCUT2D eigenvalue weighted by Gasteiger charge is 2.29. The van der Waals surface area contributed by atoms with E-state index in [0.717, 1.165) is 29.9 Å². The highest BCUT2D eigenvalue weighted by molar-refractivity contribution is 7.90.